The monoisotopic (exact) mass is 413 g/mol. The van der Waals surface area contributed by atoms with Crippen LogP contribution in [-0.2, 0) is 10.0 Å². The van der Waals surface area contributed by atoms with E-state index in [2.05, 4.69) is 5.32 Å². The summed E-state index contributed by atoms with van der Waals surface area (Å²) < 4.78 is 40.4. The van der Waals surface area contributed by atoms with Gasteiger partial charge in [-0.25, -0.2) is 12.8 Å². The molecule has 0 aliphatic carbocycles. The van der Waals surface area contributed by atoms with E-state index in [4.69, 9.17) is 23.8 Å². The number of rotatable bonds is 3. The van der Waals surface area contributed by atoms with Gasteiger partial charge in [-0.15, -0.1) is 0 Å². The molecule has 1 fully saturated rings. The Bertz CT molecular complexity index is 898. The van der Waals surface area contributed by atoms with Gasteiger partial charge in [0.15, 0.2) is 5.11 Å². The summed E-state index contributed by atoms with van der Waals surface area (Å²) in [5, 5.41) is 4.25. The lowest BCUT2D eigenvalue weighted by Gasteiger charge is -2.35. The maximum atomic E-state index is 13.9. The number of halogens is 2. The predicted octanol–water partition coefficient (Wildman–Crippen LogP) is 3.18. The highest BCUT2D eigenvalue weighted by molar-refractivity contribution is 7.89. The van der Waals surface area contributed by atoms with Gasteiger partial charge in [-0.2, -0.15) is 4.31 Å². The molecule has 0 atom stereocenters. The lowest BCUT2D eigenvalue weighted by atomic mass is 10.3. The lowest BCUT2D eigenvalue weighted by Crippen LogP contribution is -2.51. The molecule has 1 N–H and O–H groups in total. The first-order valence-corrected chi connectivity index (χ1v) is 10.2. The van der Waals surface area contributed by atoms with E-state index < -0.39 is 15.8 Å². The number of sulfonamides is 1. The Morgan fingerprint density at radius 1 is 1.04 bits per heavy atom. The van der Waals surface area contributed by atoms with Crippen LogP contribution >= 0.6 is 23.8 Å². The molecular formula is C17H17ClFN3O2S2. The number of thiocarbonyl (C=S) groups is 1. The molecule has 0 amide bonds. The third-order valence-corrected chi connectivity index (χ3v) is 6.62. The van der Waals surface area contributed by atoms with E-state index in [1.165, 1.54) is 22.5 Å². The van der Waals surface area contributed by atoms with Crippen molar-refractivity contribution in [2.45, 2.75) is 4.90 Å². The largest absolute Gasteiger partial charge is 0.346 e. The summed E-state index contributed by atoms with van der Waals surface area (Å²) >= 11 is 11.2. The van der Waals surface area contributed by atoms with Gasteiger partial charge in [0.2, 0.25) is 10.0 Å². The third-order valence-electron chi connectivity index (χ3n) is 4.08. The topological polar surface area (TPSA) is 52.7 Å². The van der Waals surface area contributed by atoms with Gasteiger partial charge in [0, 0.05) is 36.9 Å². The summed E-state index contributed by atoms with van der Waals surface area (Å²) in [7, 11) is -3.85. The van der Waals surface area contributed by atoms with Crippen LogP contribution in [0.25, 0.3) is 0 Å². The Balaban J connectivity index is 1.62. The van der Waals surface area contributed by atoms with Crippen molar-refractivity contribution in [1.29, 1.82) is 0 Å². The predicted molar refractivity (Wildman–Crippen MR) is 104 cm³/mol. The molecule has 0 aromatic heterocycles. The van der Waals surface area contributed by atoms with E-state index in [0.717, 1.165) is 11.8 Å². The second-order valence-electron chi connectivity index (χ2n) is 5.76. The van der Waals surface area contributed by atoms with Crippen molar-refractivity contribution in [2.75, 3.05) is 31.5 Å². The Kier molecular flexibility index (Phi) is 5.76. The van der Waals surface area contributed by atoms with Crippen LogP contribution in [0.4, 0.5) is 10.1 Å². The highest BCUT2D eigenvalue weighted by Gasteiger charge is 2.31. The van der Waals surface area contributed by atoms with Crippen molar-refractivity contribution >= 4 is 44.6 Å². The SMILES string of the molecule is O=S(=O)(c1ccccc1F)N1CCN(C(=S)Nc2ccc(Cl)cc2)CC1. The zero-order chi connectivity index (χ0) is 18.7. The first-order valence-electron chi connectivity index (χ1n) is 7.94. The van der Waals surface area contributed by atoms with Gasteiger partial charge < -0.3 is 10.2 Å². The first kappa shape index (κ1) is 19.0. The van der Waals surface area contributed by atoms with E-state index in [0.29, 0.717) is 23.2 Å². The smallest absolute Gasteiger partial charge is 0.246 e. The molecule has 26 heavy (non-hydrogen) atoms. The molecule has 0 bridgehead atoms. The quantitative estimate of drug-likeness (QED) is 0.783. The second-order valence-corrected chi connectivity index (χ2v) is 8.49. The van der Waals surface area contributed by atoms with Gasteiger partial charge >= 0.3 is 0 Å². The molecule has 0 spiro atoms. The van der Waals surface area contributed by atoms with E-state index in [1.54, 1.807) is 12.1 Å². The Morgan fingerprint density at radius 3 is 2.27 bits per heavy atom. The number of piperazine rings is 1. The fourth-order valence-corrected chi connectivity index (χ4v) is 4.57. The summed E-state index contributed by atoms with van der Waals surface area (Å²) in [5.41, 5.74) is 0.806. The van der Waals surface area contributed by atoms with Gasteiger partial charge in [-0.1, -0.05) is 23.7 Å². The second kappa shape index (κ2) is 7.87. The molecule has 1 aliphatic rings. The molecule has 0 saturated carbocycles. The highest BCUT2D eigenvalue weighted by atomic mass is 35.5. The standard InChI is InChI=1S/C17H17ClFN3O2S2/c18-13-5-7-14(8-6-13)20-17(25)21-9-11-22(12-10-21)26(23,24)16-4-2-1-3-15(16)19/h1-8H,9-12H2,(H,20,25). The van der Waals surface area contributed by atoms with Crippen LogP contribution in [0.1, 0.15) is 0 Å². The molecule has 138 valence electrons. The molecular weight excluding hydrogens is 397 g/mol. The highest BCUT2D eigenvalue weighted by Crippen LogP contribution is 2.21. The molecule has 1 heterocycles. The average Bonchev–Trinajstić information content (AvgIpc) is 2.64. The maximum absolute atomic E-state index is 13.9. The van der Waals surface area contributed by atoms with E-state index in [-0.39, 0.29) is 18.0 Å². The number of benzene rings is 2. The zero-order valence-corrected chi connectivity index (χ0v) is 16.1. The Morgan fingerprint density at radius 2 is 1.65 bits per heavy atom. The Labute approximate surface area is 162 Å². The molecule has 3 rings (SSSR count). The minimum atomic E-state index is -3.85. The van der Waals surface area contributed by atoms with Crippen LogP contribution in [0.15, 0.2) is 53.4 Å². The van der Waals surface area contributed by atoms with Crippen molar-refractivity contribution in [3.05, 3.63) is 59.4 Å². The fourth-order valence-electron chi connectivity index (χ4n) is 2.66. The molecule has 0 unspecified atom stereocenters. The van der Waals surface area contributed by atoms with Gasteiger partial charge in [-0.3, -0.25) is 0 Å². The first-order chi connectivity index (χ1) is 12.4. The van der Waals surface area contributed by atoms with Crippen molar-refractivity contribution in [1.82, 2.24) is 9.21 Å². The number of hydrogen-bond donors (Lipinski definition) is 1. The van der Waals surface area contributed by atoms with Gasteiger partial charge in [0.05, 0.1) is 0 Å². The molecule has 2 aromatic rings. The van der Waals surface area contributed by atoms with E-state index in [9.17, 15) is 12.8 Å². The maximum Gasteiger partial charge on any atom is 0.246 e. The van der Waals surface area contributed by atoms with Crippen molar-refractivity contribution in [3.63, 3.8) is 0 Å². The molecule has 5 nitrogen and oxygen atoms in total. The molecule has 2 aromatic carbocycles. The fraction of sp³-hybridized carbons (Fsp3) is 0.235. The van der Waals surface area contributed by atoms with Crippen LogP contribution in [0.5, 0.6) is 0 Å². The normalized spacial score (nSPS) is 15.7. The number of nitrogens with zero attached hydrogens (tertiary/aromatic N) is 2. The summed E-state index contributed by atoms with van der Waals surface area (Å²) in [6, 6.07) is 12.5. The van der Waals surface area contributed by atoms with Crippen LogP contribution in [0.2, 0.25) is 5.02 Å². The number of hydrogen-bond acceptors (Lipinski definition) is 3. The van der Waals surface area contributed by atoms with Gasteiger partial charge in [-0.05, 0) is 48.6 Å². The summed E-state index contributed by atoms with van der Waals surface area (Å²) in [4.78, 5) is 1.59. The van der Waals surface area contributed by atoms with Crippen molar-refractivity contribution in [3.8, 4) is 0 Å². The van der Waals surface area contributed by atoms with E-state index in [1.807, 2.05) is 17.0 Å². The minimum absolute atomic E-state index is 0.235. The van der Waals surface area contributed by atoms with Crippen LogP contribution < -0.4 is 5.32 Å². The zero-order valence-electron chi connectivity index (χ0n) is 13.7. The lowest BCUT2D eigenvalue weighted by molar-refractivity contribution is 0.268. The van der Waals surface area contributed by atoms with Crippen LogP contribution in [0.3, 0.4) is 0 Å². The molecule has 0 radical (unpaired) electrons. The summed E-state index contributed by atoms with van der Waals surface area (Å²) in [6.45, 7) is 1.32. The van der Waals surface area contributed by atoms with E-state index >= 15 is 0 Å². The van der Waals surface area contributed by atoms with Gasteiger partial charge in [0.1, 0.15) is 10.7 Å². The average molecular weight is 414 g/mol. The number of anilines is 1. The molecule has 1 aliphatic heterocycles. The van der Waals surface area contributed by atoms with Gasteiger partial charge in [0.25, 0.3) is 0 Å². The minimum Gasteiger partial charge on any atom is -0.346 e. The van der Waals surface area contributed by atoms with Crippen molar-refractivity contribution < 1.29 is 12.8 Å². The van der Waals surface area contributed by atoms with Crippen molar-refractivity contribution in [2.24, 2.45) is 0 Å². The molecule has 9 heteroatoms. The number of nitrogens with one attached hydrogen (secondary N) is 1. The molecule has 1 saturated heterocycles. The summed E-state index contributed by atoms with van der Waals surface area (Å²) in [5.74, 6) is -0.741. The third kappa shape index (κ3) is 4.15. The summed E-state index contributed by atoms with van der Waals surface area (Å²) in [6.07, 6.45) is 0. The van der Waals surface area contributed by atoms with Crippen LogP contribution in [0, 0.1) is 5.82 Å². The van der Waals surface area contributed by atoms with Crippen LogP contribution in [-0.4, -0.2) is 48.9 Å². The Hall–Kier alpha value is -1.74.